The molecular formula is C8H4BF7O3. The second-order valence-corrected chi connectivity index (χ2v) is 3.27. The molecule has 1 aromatic rings. The molecule has 0 heterocycles. The SMILES string of the molecule is OB(O)OC(c1cc(F)c(F)c(F)c1F)C(F)(F)F. The Kier molecular flexibility index (Phi) is 4.43. The van der Waals surface area contributed by atoms with Gasteiger partial charge in [0, 0.05) is 5.56 Å². The van der Waals surface area contributed by atoms with Crippen molar-refractivity contribution >= 4 is 7.32 Å². The summed E-state index contributed by atoms with van der Waals surface area (Å²) in [4.78, 5) is 0. The molecule has 0 aromatic heterocycles. The Hall–Kier alpha value is -1.33. The lowest BCUT2D eigenvalue weighted by Gasteiger charge is -2.21. The highest BCUT2D eigenvalue weighted by molar-refractivity contribution is 6.32. The molecule has 2 N–H and O–H groups in total. The van der Waals surface area contributed by atoms with Crippen LogP contribution in [0, 0.1) is 23.3 Å². The first-order valence-corrected chi connectivity index (χ1v) is 4.47. The van der Waals surface area contributed by atoms with Crippen molar-refractivity contribution in [2.45, 2.75) is 12.3 Å². The molecule has 0 aliphatic heterocycles. The number of benzene rings is 1. The molecule has 0 aliphatic rings. The molecule has 0 aliphatic carbocycles. The molecule has 1 rings (SSSR count). The van der Waals surface area contributed by atoms with Crippen molar-refractivity contribution < 1.29 is 45.4 Å². The summed E-state index contributed by atoms with van der Waals surface area (Å²) >= 11 is 0. The smallest absolute Gasteiger partial charge is 0.402 e. The van der Waals surface area contributed by atoms with Gasteiger partial charge in [-0.05, 0) is 6.07 Å². The Balaban J connectivity index is 3.39. The van der Waals surface area contributed by atoms with Crippen molar-refractivity contribution in [1.82, 2.24) is 0 Å². The second kappa shape index (κ2) is 5.35. The number of hydrogen-bond donors (Lipinski definition) is 2. The molecule has 1 atom stereocenters. The summed E-state index contributed by atoms with van der Waals surface area (Å²) in [6.07, 6.45) is -8.79. The standard InChI is InChI=1S/C8H4BF7O3/c10-3-1-2(4(11)6(13)5(3)12)7(8(14,15)16)19-9(17)18/h1,7,17-18H. The van der Waals surface area contributed by atoms with Crippen LogP contribution in [0.2, 0.25) is 0 Å². The van der Waals surface area contributed by atoms with E-state index in [9.17, 15) is 30.7 Å². The highest BCUT2D eigenvalue weighted by atomic mass is 19.4. The fraction of sp³-hybridized carbons (Fsp3) is 0.250. The van der Waals surface area contributed by atoms with Gasteiger partial charge >= 0.3 is 13.5 Å². The maximum absolute atomic E-state index is 13.1. The maximum Gasteiger partial charge on any atom is 0.634 e. The van der Waals surface area contributed by atoms with Crippen molar-refractivity contribution in [1.29, 1.82) is 0 Å². The van der Waals surface area contributed by atoms with Gasteiger partial charge in [-0.1, -0.05) is 0 Å². The third-order valence-electron chi connectivity index (χ3n) is 1.97. The molecule has 0 bridgehead atoms. The van der Waals surface area contributed by atoms with E-state index in [1.807, 2.05) is 0 Å². The predicted molar refractivity (Wildman–Crippen MR) is 46.3 cm³/mol. The summed E-state index contributed by atoms with van der Waals surface area (Å²) in [6, 6.07) is -0.283. The van der Waals surface area contributed by atoms with E-state index in [1.165, 1.54) is 0 Å². The lowest BCUT2D eigenvalue weighted by Crippen LogP contribution is -2.31. The van der Waals surface area contributed by atoms with Crippen LogP contribution in [-0.2, 0) is 4.65 Å². The van der Waals surface area contributed by atoms with E-state index in [2.05, 4.69) is 4.65 Å². The van der Waals surface area contributed by atoms with Gasteiger partial charge in [0.05, 0.1) is 0 Å². The molecule has 106 valence electrons. The zero-order valence-electron chi connectivity index (χ0n) is 8.68. The molecule has 1 aromatic carbocycles. The minimum absolute atomic E-state index is 0.283. The van der Waals surface area contributed by atoms with Crippen molar-refractivity contribution in [3.63, 3.8) is 0 Å². The number of halogens is 7. The molecule has 3 nitrogen and oxygen atoms in total. The Morgan fingerprint density at radius 1 is 1.00 bits per heavy atom. The van der Waals surface area contributed by atoms with E-state index in [0.717, 1.165) is 0 Å². The van der Waals surface area contributed by atoms with Crippen molar-refractivity contribution in [2.75, 3.05) is 0 Å². The second-order valence-electron chi connectivity index (χ2n) is 3.27. The highest BCUT2D eigenvalue weighted by Crippen LogP contribution is 2.38. The van der Waals surface area contributed by atoms with E-state index in [1.54, 1.807) is 0 Å². The molecule has 0 saturated carbocycles. The van der Waals surface area contributed by atoms with E-state index < -0.39 is 48.4 Å². The van der Waals surface area contributed by atoms with E-state index in [4.69, 9.17) is 10.0 Å². The van der Waals surface area contributed by atoms with Gasteiger partial charge in [-0.3, -0.25) is 0 Å². The number of rotatable bonds is 3. The van der Waals surface area contributed by atoms with Crippen LogP contribution in [0.25, 0.3) is 0 Å². The van der Waals surface area contributed by atoms with Crippen LogP contribution in [0.15, 0.2) is 6.07 Å². The van der Waals surface area contributed by atoms with Crippen LogP contribution >= 0.6 is 0 Å². The first-order chi connectivity index (χ1) is 8.55. The van der Waals surface area contributed by atoms with Gasteiger partial charge in [-0.2, -0.15) is 13.2 Å². The molecule has 0 radical (unpaired) electrons. The molecule has 11 heteroatoms. The summed E-state index contributed by atoms with van der Waals surface area (Å²) in [5, 5.41) is 16.6. The van der Waals surface area contributed by atoms with Gasteiger partial charge in [0.2, 0.25) is 0 Å². The third-order valence-corrected chi connectivity index (χ3v) is 1.97. The molecule has 0 spiro atoms. The normalized spacial score (nSPS) is 13.5. The van der Waals surface area contributed by atoms with Gasteiger partial charge in [0.15, 0.2) is 29.4 Å². The quantitative estimate of drug-likeness (QED) is 0.387. The zero-order valence-corrected chi connectivity index (χ0v) is 8.68. The minimum atomic E-state index is -5.42. The Labute approximate surface area is 101 Å². The Morgan fingerprint density at radius 3 is 1.95 bits per heavy atom. The van der Waals surface area contributed by atoms with E-state index in [-0.39, 0.29) is 6.07 Å². The largest absolute Gasteiger partial charge is 0.634 e. The van der Waals surface area contributed by atoms with Crippen LogP contribution in [0.1, 0.15) is 11.7 Å². The molecule has 0 saturated heterocycles. The van der Waals surface area contributed by atoms with E-state index in [0.29, 0.717) is 0 Å². The highest BCUT2D eigenvalue weighted by Gasteiger charge is 2.46. The predicted octanol–water partition coefficient (Wildman–Crippen LogP) is 1.83. The molecule has 0 amide bonds. The van der Waals surface area contributed by atoms with Crippen LogP contribution in [0.4, 0.5) is 30.7 Å². The minimum Gasteiger partial charge on any atom is -0.402 e. The summed E-state index contributed by atoms with van der Waals surface area (Å²) < 4.78 is 92.2. The summed E-state index contributed by atoms with van der Waals surface area (Å²) in [5.41, 5.74) is -1.75. The van der Waals surface area contributed by atoms with Crippen LogP contribution < -0.4 is 0 Å². The fourth-order valence-corrected chi connectivity index (χ4v) is 1.23. The van der Waals surface area contributed by atoms with Gasteiger partial charge in [0.25, 0.3) is 0 Å². The lowest BCUT2D eigenvalue weighted by molar-refractivity contribution is -0.206. The van der Waals surface area contributed by atoms with Gasteiger partial charge in [-0.15, -0.1) is 0 Å². The van der Waals surface area contributed by atoms with Crippen molar-refractivity contribution in [3.8, 4) is 0 Å². The summed E-state index contributed by atoms with van der Waals surface area (Å²) in [6.45, 7) is 0. The van der Waals surface area contributed by atoms with E-state index >= 15 is 0 Å². The molecule has 19 heavy (non-hydrogen) atoms. The topological polar surface area (TPSA) is 49.7 Å². The Bertz CT molecular complexity index is 476. The summed E-state index contributed by atoms with van der Waals surface area (Å²) in [7, 11) is -2.98. The number of hydrogen-bond acceptors (Lipinski definition) is 3. The monoisotopic (exact) mass is 292 g/mol. The van der Waals surface area contributed by atoms with Gasteiger partial charge < -0.3 is 14.7 Å². The fourth-order valence-electron chi connectivity index (χ4n) is 1.23. The maximum atomic E-state index is 13.1. The van der Waals surface area contributed by atoms with Crippen molar-refractivity contribution in [2.24, 2.45) is 0 Å². The first kappa shape index (κ1) is 15.7. The zero-order chi connectivity index (χ0) is 15.0. The van der Waals surface area contributed by atoms with Crippen LogP contribution in [0.5, 0.6) is 0 Å². The average molecular weight is 292 g/mol. The van der Waals surface area contributed by atoms with Crippen molar-refractivity contribution in [3.05, 3.63) is 34.9 Å². The van der Waals surface area contributed by atoms with Crippen LogP contribution in [-0.4, -0.2) is 23.5 Å². The van der Waals surface area contributed by atoms with Gasteiger partial charge in [0.1, 0.15) is 0 Å². The van der Waals surface area contributed by atoms with Gasteiger partial charge in [-0.25, -0.2) is 17.6 Å². The third kappa shape index (κ3) is 3.36. The first-order valence-electron chi connectivity index (χ1n) is 4.47. The molecular weight excluding hydrogens is 288 g/mol. The van der Waals surface area contributed by atoms with Crippen LogP contribution in [0.3, 0.4) is 0 Å². The Morgan fingerprint density at radius 2 is 1.53 bits per heavy atom. The average Bonchev–Trinajstić information content (AvgIpc) is 2.27. The molecule has 1 unspecified atom stereocenters. The number of alkyl halides is 3. The molecule has 0 fully saturated rings. The summed E-state index contributed by atoms with van der Waals surface area (Å²) in [5.74, 6) is -9.20. The lowest BCUT2D eigenvalue weighted by atomic mass is 10.1.